The number of hydrogen-bond donors (Lipinski definition) is 0. The molecule has 0 radical (unpaired) electrons. The molecule has 0 heterocycles. The SMILES string of the molecule is CCCCCCCCCC(CCCCC)C(P)(CCCCC)CCCCC.I. The summed E-state index contributed by atoms with van der Waals surface area (Å²) in [5.74, 6) is 0.943. The molecule has 0 aliphatic heterocycles. The van der Waals surface area contributed by atoms with Gasteiger partial charge in [0.25, 0.3) is 0 Å². The zero-order chi connectivity index (χ0) is 20.2. The van der Waals surface area contributed by atoms with Crippen LogP contribution < -0.4 is 0 Å². The highest BCUT2D eigenvalue weighted by molar-refractivity contribution is 14.0. The molecule has 0 spiro atoms. The second-order valence-electron chi connectivity index (χ2n) is 9.25. The monoisotopic (exact) mass is 526 g/mol. The van der Waals surface area contributed by atoms with Crippen LogP contribution in [-0.2, 0) is 0 Å². The first kappa shape index (κ1) is 31.3. The molecule has 2 unspecified atom stereocenters. The minimum atomic E-state index is 0. The van der Waals surface area contributed by atoms with Gasteiger partial charge in [-0.3, -0.25) is 0 Å². The molecule has 0 aliphatic rings. The van der Waals surface area contributed by atoms with Crippen molar-refractivity contribution in [3.05, 3.63) is 0 Å². The Morgan fingerprint density at radius 2 is 0.821 bits per heavy atom. The number of unbranched alkanes of at least 4 members (excludes halogenated alkanes) is 12. The van der Waals surface area contributed by atoms with Crippen molar-refractivity contribution >= 4 is 33.2 Å². The third kappa shape index (κ3) is 16.9. The zero-order valence-electron chi connectivity index (χ0n) is 20.2. The molecular formula is C26H56IP. The van der Waals surface area contributed by atoms with E-state index in [0.29, 0.717) is 5.16 Å². The predicted molar refractivity (Wildman–Crippen MR) is 146 cm³/mol. The Labute approximate surface area is 199 Å². The van der Waals surface area contributed by atoms with Gasteiger partial charge in [0, 0.05) is 0 Å². The van der Waals surface area contributed by atoms with E-state index < -0.39 is 0 Å². The lowest BCUT2D eigenvalue weighted by molar-refractivity contribution is 0.271. The molecular weight excluding hydrogens is 470 g/mol. The van der Waals surface area contributed by atoms with E-state index in [1.807, 2.05) is 0 Å². The molecule has 0 aromatic rings. The minimum Gasteiger partial charge on any atom is -0.131 e. The van der Waals surface area contributed by atoms with Crippen LogP contribution in [0.3, 0.4) is 0 Å². The van der Waals surface area contributed by atoms with E-state index >= 15 is 0 Å². The fourth-order valence-electron chi connectivity index (χ4n) is 4.65. The maximum absolute atomic E-state index is 3.43. The summed E-state index contributed by atoms with van der Waals surface area (Å²) in [7, 11) is 3.43. The lowest BCUT2D eigenvalue weighted by Crippen LogP contribution is -2.32. The molecule has 0 bridgehead atoms. The maximum Gasteiger partial charge on any atom is -0.0122 e. The van der Waals surface area contributed by atoms with Gasteiger partial charge in [-0.2, -0.15) is 0 Å². The summed E-state index contributed by atoms with van der Waals surface area (Å²) in [5, 5.41) is 0.528. The Hall–Kier alpha value is 1.16. The molecule has 0 aromatic carbocycles. The van der Waals surface area contributed by atoms with Gasteiger partial charge >= 0.3 is 0 Å². The summed E-state index contributed by atoms with van der Waals surface area (Å²) in [5.41, 5.74) is 0. The highest BCUT2D eigenvalue weighted by Gasteiger charge is 2.32. The summed E-state index contributed by atoms with van der Waals surface area (Å²) < 4.78 is 0. The summed E-state index contributed by atoms with van der Waals surface area (Å²) in [6.45, 7) is 9.36. The van der Waals surface area contributed by atoms with Crippen LogP contribution in [0.4, 0.5) is 0 Å². The first-order valence-corrected chi connectivity index (χ1v) is 13.5. The molecule has 28 heavy (non-hydrogen) atoms. The second-order valence-corrected chi connectivity index (χ2v) is 10.4. The minimum absolute atomic E-state index is 0. The smallest absolute Gasteiger partial charge is 0.0122 e. The standard InChI is InChI=1S/C26H55P.HI/c1-5-9-13-14-15-16-18-22-25(21-17-10-6-2)26(27,23-19-11-7-3)24-20-12-8-4;/h25H,5-24,27H2,1-4H3;1H. The van der Waals surface area contributed by atoms with Gasteiger partial charge in [0.05, 0.1) is 0 Å². The molecule has 0 saturated heterocycles. The Morgan fingerprint density at radius 3 is 1.29 bits per heavy atom. The van der Waals surface area contributed by atoms with Crippen LogP contribution >= 0.6 is 33.2 Å². The van der Waals surface area contributed by atoms with E-state index in [-0.39, 0.29) is 24.0 Å². The average Bonchev–Trinajstić information content (AvgIpc) is 2.66. The summed E-state index contributed by atoms with van der Waals surface area (Å²) in [4.78, 5) is 0. The molecule has 2 atom stereocenters. The molecule has 0 aromatic heterocycles. The molecule has 2 heteroatoms. The van der Waals surface area contributed by atoms with E-state index in [1.165, 1.54) is 128 Å². The topological polar surface area (TPSA) is 0 Å². The first-order valence-electron chi connectivity index (χ1n) is 12.9. The molecule has 172 valence electrons. The van der Waals surface area contributed by atoms with Crippen molar-refractivity contribution in [3.63, 3.8) is 0 Å². The largest absolute Gasteiger partial charge is 0.131 e. The lowest BCUT2D eigenvalue weighted by atomic mass is 9.77. The fraction of sp³-hybridized carbons (Fsp3) is 1.00. The third-order valence-corrected chi connectivity index (χ3v) is 7.67. The van der Waals surface area contributed by atoms with Crippen molar-refractivity contribution in [2.75, 3.05) is 0 Å². The maximum atomic E-state index is 3.43. The molecule has 0 rings (SSSR count). The molecule has 0 fully saturated rings. The van der Waals surface area contributed by atoms with Crippen LogP contribution in [-0.4, -0.2) is 5.16 Å². The Kier molecular flexibility index (Phi) is 25.6. The second kappa shape index (κ2) is 22.8. The van der Waals surface area contributed by atoms with Gasteiger partial charge in [-0.05, 0) is 36.8 Å². The van der Waals surface area contributed by atoms with Gasteiger partial charge in [0.15, 0.2) is 0 Å². The van der Waals surface area contributed by atoms with Crippen LogP contribution in [0, 0.1) is 5.92 Å². The van der Waals surface area contributed by atoms with Crippen molar-refractivity contribution in [3.8, 4) is 0 Å². The molecule has 0 nitrogen and oxygen atoms in total. The third-order valence-electron chi connectivity index (χ3n) is 6.62. The molecule has 0 aliphatic carbocycles. The van der Waals surface area contributed by atoms with E-state index in [1.54, 1.807) is 0 Å². The summed E-state index contributed by atoms with van der Waals surface area (Å²) in [6.07, 6.45) is 28.7. The van der Waals surface area contributed by atoms with Crippen LogP contribution in [0.15, 0.2) is 0 Å². The van der Waals surface area contributed by atoms with Crippen molar-refractivity contribution in [1.82, 2.24) is 0 Å². The normalized spacial score (nSPS) is 12.8. The predicted octanol–water partition coefficient (Wildman–Crippen LogP) is 10.7. The summed E-state index contributed by atoms with van der Waals surface area (Å²) >= 11 is 0. The average molecular weight is 527 g/mol. The van der Waals surface area contributed by atoms with E-state index in [0.717, 1.165) is 5.92 Å². The van der Waals surface area contributed by atoms with Crippen molar-refractivity contribution < 1.29 is 0 Å². The van der Waals surface area contributed by atoms with Gasteiger partial charge in [-0.1, -0.05) is 130 Å². The molecule has 0 saturated carbocycles. The zero-order valence-corrected chi connectivity index (χ0v) is 23.7. The number of hydrogen-bond acceptors (Lipinski definition) is 0. The Balaban J connectivity index is 0. The molecule has 0 amide bonds. The number of halogens is 1. The van der Waals surface area contributed by atoms with Crippen molar-refractivity contribution in [2.24, 2.45) is 5.92 Å². The van der Waals surface area contributed by atoms with Gasteiger partial charge in [0.1, 0.15) is 0 Å². The highest BCUT2D eigenvalue weighted by atomic mass is 127. The van der Waals surface area contributed by atoms with E-state index in [4.69, 9.17) is 0 Å². The van der Waals surface area contributed by atoms with Crippen LogP contribution in [0.25, 0.3) is 0 Å². The van der Waals surface area contributed by atoms with Crippen molar-refractivity contribution in [1.29, 1.82) is 0 Å². The quantitative estimate of drug-likeness (QED) is 0.0793. The first-order chi connectivity index (χ1) is 13.1. The van der Waals surface area contributed by atoms with Crippen molar-refractivity contribution in [2.45, 2.75) is 161 Å². The van der Waals surface area contributed by atoms with Gasteiger partial charge in [0.2, 0.25) is 0 Å². The van der Waals surface area contributed by atoms with Gasteiger partial charge in [-0.15, -0.1) is 33.2 Å². The Morgan fingerprint density at radius 1 is 0.500 bits per heavy atom. The highest BCUT2D eigenvalue weighted by Crippen LogP contribution is 2.43. The van der Waals surface area contributed by atoms with E-state index in [9.17, 15) is 0 Å². The lowest BCUT2D eigenvalue weighted by Gasteiger charge is -2.39. The van der Waals surface area contributed by atoms with E-state index in [2.05, 4.69) is 36.9 Å². The number of rotatable bonds is 21. The molecule has 0 N–H and O–H groups in total. The fourth-order valence-corrected chi connectivity index (χ4v) is 5.39. The Bertz CT molecular complexity index is 282. The van der Waals surface area contributed by atoms with Crippen LogP contribution in [0.2, 0.25) is 0 Å². The van der Waals surface area contributed by atoms with Crippen LogP contribution in [0.1, 0.15) is 156 Å². The van der Waals surface area contributed by atoms with Crippen LogP contribution in [0.5, 0.6) is 0 Å². The van der Waals surface area contributed by atoms with Gasteiger partial charge < -0.3 is 0 Å². The van der Waals surface area contributed by atoms with Gasteiger partial charge in [-0.25, -0.2) is 0 Å². The summed E-state index contributed by atoms with van der Waals surface area (Å²) in [6, 6.07) is 0.